The lowest BCUT2D eigenvalue weighted by atomic mass is 10.0. The van der Waals surface area contributed by atoms with Gasteiger partial charge in [0.2, 0.25) is 0 Å². The van der Waals surface area contributed by atoms with Gasteiger partial charge in [-0.25, -0.2) is 4.79 Å². The number of amides is 2. The summed E-state index contributed by atoms with van der Waals surface area (Å²) in [5.41, 5.74) is 1.44. The Morgan fingerprint density at radius 1 is 1.31 bits per heavy atom. The van der Waals surface area contributed by atoms with Gasteiger partial charge in [-0.3, -0.25) is 14.6 Å². The SMILES string of the molecule is CC(C)Cn1nccc1C(=O)Nc1cc([C@@H]2CC[C@H](OC(=O)NC(C)C)C2)[nH]n1. The van der Waals surface area contributed by atoms with E-state index in [1.165, 1.54) is 0 Å². The summed E-state index contributed by atoms with van der Waals surface area (Å²) < 4.78 is 7.18. The van der Waals surface area contributed by atoms with Crippen LogP contribution in [0, 0.1) is 5.92 Å². The maximum atomic E-state index is 12.6. The highest BCUT2D eigenvalue weighted by atomic mass is 16.6. The highest BCUT2D eigenvalue weighted by Gasteiger charge is 2.30. The number of carbonyl (C=O) groups excluding carboxylic acids is 2. The van der Waals surface area contributed by atoms with Gasteiger partial charge in [-0.1, -0.05) is 13.8 Å². The molecule has 3 rings (SSSR count). The molecule has 158 valence electrons. The molecule has 0 bridgehead atoms. The second-order valence-corrected chi connectivity index (χ2v) is 8.29. The van der Waals surface area contributed by atoms with Crippen LogP contribution in [0.5, 0.6) is 0 Å². The molecule has 1 fully saturated rings. The molecule has 3 N–H and O–H groups in total. The largest absolute Gasteiger partial charge is 0.446 e. The van der Waals surface area contributed by atoms with Crippen molar-refractivity contribution in [1.82, 2.24) is 25.3 Å². The third-order valence-corrected chi connectivity index (χ3v) is 4.83. The predicted octanol–water partition coefficient (Wildman–Crippen LogP) is 3.29. The third kappa shape index (κ3) is 5.58. The topological polar surface area (TPSA) is 114 Å². The van der Waals surface area contributed by atoms with Gasteiger partial charge in [0.25, 0.3) is 5.91 Å². The molecule has 0 unspecified atom stereocenters. The zero-order valence-electron chi connectivity index (χ0n) is 17.4. The van der Waals surface area contributed by atoms with Crippen LogP contribution in [0.3, 0.4) is 0 Å². The molecule has 2 aromatic rings. The molecule has 2 amide bonds. The van der Waals surface area contributed by atoms with Crippen molar-refractivity contribution in [2.45, 2.75) is 71.6 Å². The maximum Gasteiger partial charge on any atom is 0.407 e. The third-order valence-electron chi connectivity index (χ3n) is 4.83. The predicted molar refractivity (Wildman–Crippen MR) is 109 cm³/mol. The van der Waals surface area contributed by atoms with Gasteiger partial charge in [0.05, 0.1) is 0 Å². The molecule has 0 saturated heterocycles. The van der Waals surface area contributed by atoms with E-state index >= 15 is 0 Å². The Bertz CT molecular complexity index is 841. The number of H-pyrrole nitrogens is 1. The van der Waals surface area contributed by atoms with Crippen LogP contribution in [0.15, 0.2) is 18.3 Å². The van der Waals surface area contributed by atoms with E-state index < -0.39 is 0 Å². The minimum atomic E-state index is -0.374. The number of aromatic amines is 1. The first-order valence-electron chi connectivity index (χ1n) is 10.2. The summed E-state index contributed by atoms with van der Waals surface area (Å²) >= 11 is 0. The van der Waals surface area contributed by atoms with E-state index in [-0.39, 0.29) is 30.1 Å². The Balaban J connectivity index is 1.55. The minimum absolute atomic E-state index is 0.0512. The number of hydrogen-bond acceptors (Lipinski definition) is 5. The Labute approximate surface area is 170 Å². The van der Waals surface area contributed by atoms with E-state index in [0.29, 0.717) is 24.0 Å². The second-order valence-electron chi connectivity index (χ2n) is 8.29. The van der Waals surface area contributed by atoms with Crippen molar-refractivity contribution >= 4 is 17.8 Å². The first-order valence-corrected chi connectivity index (χ1v) is 10.2. The average molecular weight is 402 g/mol. The fraction of sp³-hybridized carbons (Fsp3) is 0.600. The van der Waals surface area contributed by atoms with Crippen molar-refractivity contribution < 1.29 is 14.3 Å². The van der Waals surface area contributed by atoms with Crippen molar-refractivity contribution in [3.8, 4) is 0 Å². The van der Waals surface area contributed by atoms with Crippen LogP contribution in [-0.2, 0) is 11.3 Å². The number of nitrogens with zero attached hydrogens (tertiary/aromatic N) is 3. The van der Waals surface area contributed by atoms with Gasteiger partial charge in [-0.2, -0.15) is 10.2 Å². The Morgan fingerprint density at radius 3 is 2.83 bits per heavy atom. The summed E-state index contributed by atoms with van der Waals surface area (Å²) in [6.45, 7) is 8.63. The van der Waals surface area contributed by atoms with Crippen molar-refractivity contribution in [2.75, 3.05) is 5.32 Å². The van der Waals surface area contributed by atoms with Gasteiger partial charge in [-0.15, -0.1) is 0 Å². The molecule has 0 radical (unpaired) electrons. The first kappa shape index (κ1) is 20.9. The number of ether oxygens (including phenoxy) is 1. The quantitative estimate of drug-likeness (QED) is 0.658. The van der Waals surface area contributed by atoms with E-state index in [1.807, 2.05) is 19.9 Å². The van der Waals surface area contributed by atoms with Gasteiger partial charge < -0.3 is 15.4 Å². The van der Waals surface area contributed by atoms with E-state index in [4.69, 9.17) is 4.74 Å². The molecule has 0 spiro atoms. The molecular weight excluding hydrogens is 372 g/mol. The summed E-state index contributed by atoms with van der Waals surface area (Å²) in [6.07, 6.45) is 3.59. The van der Waals surface area contributed by atoms with Crippen LogP contribution < -0.4 is 10.6 Å². The summed E-state index contributed by atoms with van der Waals surface area (Å²) in [6, 6.07) is 3.60. The fourth-order valence-electron chi connectivity index (χ4n) is 3.56. The molecule has 0 aromatic carbocycles. The molecule has 2 heterocycles. The molecular formula is C20H30N6O3. The molecule has 2 aromatic heterocycles. The van der Waals surface area contributed by atoms with Crippen LogP contribution in [-0.4, -0.2) is 44.1 Å². The number of aromatic nitrogens is 4. The molecule has 29 heavy (non-hydrogen) atoms. The Morgan fingerprint density at radius 2 is 2.10 bits per heavy atom. The number of anilines is 1. The van der Waals surface area contributed by atoms with Crippen molar-refractivity contribution in [3.63, 3.8) is 0 Å². The van der Waals surface area contributed by atoms with E-state index in [1.54, 1.807) is 16.9 Å². The van der Waals surface area contributed by atoms with Crippen LogP contribution >= 0.6 is 0 Å². The van der Waals surface area contributed by atoms with E-state index in [9.17, 15) is 9.59 Å². The zero-order valence-corrected chi connectivity index (χ0v) is 17.4. The Hall–Kier alpha value is -2.84. The van der Waals surface area contributed by atoms with Gasteiger partial charge in [0.1, 0.15) is 11.8 Å². The zero-order chi connectivity index (χ0) is 21.0. The lowest BCUT2D eigenvalue weighted by Gasteiger charge is -2.14. The summed E-state index contributed by atoms with van der Waals surface area (Å²) in [5, 5.41) is 17.0. The standard InChI is InChI=1S/C20H30N6O3/c1-12(2)11-26-17(7-8-21-26)19(27)23-18-10-16(24-25-18)14-5-6-15(9-14)29-20(28)22-13(3)4/h7-8,10,12-15H,5-6,9,11H2,1-4H3,(H,22,28)(H2,23,24,25,27)/t14-,15+/m1/s1. The number of rotatable bonds is 7. The Kier molecular flexibility index (Phi) is 6.56. The molecule has 1 aliphatic carbocycles. The van der Waals surface area contributed by atoms with E-state index in [2.05, 4.69) is 39.8 Å². The highest BCUT2D eigenvalue weighted by molar-refractivity contribution is 6.02. The lowest BCUT2D eigenvalue weighted by Crippen LogP contribution is -2.33. The molecule has 0 aliphatic heterocycles. The van der Waals surface area contributed by atoms with Crippen molar-refractivity contribution in [2.24, 2.45) is 5.92 Å². The smallest absolute Gasteiger partial charge is 0.407 e. The maximum absolute atomic E-state index is 12.6. The lowest BCUT2D eigenvalue weighted by molar-refractivity contribution is 0.0979. The highest BCUT2D eigenvalue weighted by Crippen LogP contribution is 2.35. The van der Waals surface area contributed by atoms with Gasteiger partial charge in [0, 0.05) is 36.5 Å². The van der Waals surface area contributed by atoms with Gasteiger partial charge in [0.15, 0.2) is 5.82 Å². The van der Waals surface area contributed by atoms with Crippen LogP contribution in [0.1, 0.15) is 69.1 Å². The van der Waals surface area contributed by atoms with Gasteiger partial charge >= 0.3 is 6.09 Å². The van der Waals surface area contributed by atoms with Gasteiger partial charge in [-0.05, 0) is 45.1 Å². The number of hydrogen-bond donors (Lipinski definition) is 3. The van der Waals surface area contributed by atoms with Crippen LogP contribution in [0.4, 0.5) is 10.6 Å². The second kappa shape index (κ2) is 9.11. The fourth-order valence-corrected chi connectivity index (χ4v) is 3.56. The molecule has 1 saturated carbocycles. The first-order chi connectivity index (χ1) is 13.8. The normalized spacial score (nSPS) is 19.0. The molecule has 9 nitrogen and oxygen atoms in total. The monoisotopic (exact) mass is 402 g/mol. The number of nitrogens with one attached hydrogen (secondary N) is 3. The molecule has 1 aliphatic rings. The summed E-state index contributed by atoms with van der Waals surface area (Å²) in [7, 11) is 0. The average Bonchev–Trinajstić information content (AvgIpc) is 3.34. The summed E-state index contributed by atoms with van der Waals surface area (Å²) in [5.74, 6) is 0.846. The molecule has 9 heteroatoms. The minimum Gasteiger partial charge on any atom is -0.446 e. The van der Waals surface area contributed by atoms with Crippen molar-refractivity contribution in [1.29, 1.82) is 0 Å². The van der Waals surface area contributed by atoms with Crippen LogP contribution in [0.2, 0.25) is 0 Å². The van der Waals surface area contributed by atoms with E-state index in [0.717, 1.165) is 25.0 Å². The summed E-state index contributed by atoms with van der Waals surface area (Å²) in [4.78, 5) is 24.4. The van der Waals surface area contributed by atoms with Crippen LogP contribution in [0.25, 0.3) is 0 Å². The van der Waals surface area contributed by atoms with Crippen molar-refractivity contribution in [3.05, 3.63) is 29.7 Å². The molecule has 2 atom stereocenters. The number of alkyl carbamates (subject to hydrolysis) is 1. The number of carbonyl (C=O) groups is 2.